The average molecular weight is 264 g/mol. The van der Waals surface area contributed by atoms with Crippen LogP contribution >= 0.6 is 0 Å². The summed E-state index contributed by atoms with van der Waals surface area (Å²) in [4.78, 5) is 10.8. The topological polar surface area (TPSA) is 48.1 Å². The quantitative estimate of drug-likeness (QED) is 0.529. The lowest BCUT2D eigenvalue weighted by Gasteiger charge is -2.09. The Morgan fingerprint density at radius 1 is 0.850 bits per heavy atom. The number of nitro groups is 1. The predicted octanol–water partition coefficient (Wildman–Crippen LogP) is 4.05. The molecule has 0 aliphatic rings. The van der Waals surface area contributed by atoms with E-state index in [0.717, 1.165) is 11.4 Å². The van der Waals surface area contributed by atoms with Gasteiger partial charge in [-0.15, -0.1) is 0 Å². The molecule has 1 heterocycles. The Kier molecular flexibility index (Phi) is 3.05. The van der Waals surface area contributed by atoms with Gasteiger partial charge in [-0.3, -0.25) is 10.1 Å². The van der Waals surface area contributed by atoms with E-state index in [1.54, 1.807) is 12.1 Å². The van der Waals surface area contributed by atoms with E-state index >= 15 is 0 Å². The molecule has 3 rings (SSSR count). The number of rotatable bonds is 3. The predicted molar refractivity (Wildman–Crippen MR) is 77.9 cm³/mol. The fraction of sp³-hybridized carbons (Fsp3) is 0. The van der Waals surface area contributed by atoms with E-state index < -0.39 is 0 Å². The van der Waals surface area contributed by atoms with Crippen molar-refractivity contribution in [1.29, 1.82) is 0 Å². The van der Waals surface area contributed by atoms with Crippen molar-refractivity contribution >= 4 is 5.69 Å². The van der Waals surface area contributed by atoms with Gasteiger partial charge in [0.25, 0.3) is 5.69 Å². The van der Waals surface area contributed by atoms with Crippen LogP contribution in [0, 0.1) is 10.1 Å². The second-order valence-corrected chi connectivity index (χ2v) is 4.37. The van der Waals surface area contributed by atoms with Crippen LogP contribution < -0.4 is 0 Å². The summed E-state index contributed by atoms with van der Waals surface area (Å²) in [5.41, 5.74) is 2.52. The normalized spacial score (nSPS) is 10.4. The molecule has 2 aromatic carbocycles. The van der Waals surface area contributed by atoms with E-state index in [0.29, 0.717) is 5.56 Å². The first kappa shape index (κ1) is 12.2. The van der Waals surface area contributed by atoms with Gasteiger partial charge in [0.1, 0.15) is 0 Å². The van der Waals surface area contributed by atoms with E-state index in [2.05, 4.69) is 0 Å². The van der Waals surface area contributed by atoms with Crippen LogP contribution in [0.5, 0.6) is 0 Å². The number of nitro benzene ring substituents is 1. The molecular weight excluding hydrogens is 252 g/mol. The number of benzene rings is 2. The summed E-state index contributed by atoms with van der Waals surface area (Å²) >= 11 is 0. The highest BCUT2D eigenvalue weighted by molar-refractivity contribution is 5.72. The Hall–Kier alpha value is -2.88. The van der Waals surface area contributed by atoms with Crippen LogP contribution in [0.2, 0.25) is 0 Å². The summed E-state index contributed by atoms with van der Waals surface area (Å²) in [5.74, 6) is 0. The first-order valence-electron chi connectivity index (χ1n) is 6.24. The Balaban J connectivity index is 2.18. The zero-order valence-electron chi connectivity index (χ0n) is 10.6. The Morgan fingerprint density at radius 3 is 2.30 bits per heavy atom. The molecule has 4 nitrogen and oxygen atoms in total. The maximum absolute atomic E-state index is 11.2. The fourth-order valence-corrected chi connectivity index (χ4v) is 2.26. The van der Waals surface area contributed by atoms with Gasteiger partial charge in [0, 0.05) is 18.0 Å². The molecule has 3 aromatic rings. The van der Waals surface area contributed by atoms with Crippen molar-refractivity contribution in [3.8, 4) is 16.9 Å². The van der Waals surface area contributed by atoms with Crippen molar-refractivity contribution in [2.75, 3.05) is 0 Å². The van der Waals surface area contributed by atoms with E-state index in [-0.39, 0.29) is 10.6 Å². The molecule has 0 spiro atoms. The summed E-state index contributed by atoms with van der Waals surface area (Å²) in [5, 5.41) is 11.2. The number of nitrogens with zero attached hydrogens (tertiary/aromatic N) is 2. The summed E-state index contributed by atoms with van der Waals surface area (Å²) in [6.45, 7) is 0. The number of hydrogen-bond acceptors (Lipinski definition) is 2. The lowest BCUT2D eigenvalue weighted by atomic mass is 10.1. The van der Waals surface area contributed by atoms with E-state index in [1.807, 2.05) is 59.3 Å². The summed E-state index contributed by atoms with van der Waals surface area (Å²) in [6, 6.07) is 20.3. The Bertz CT molecular complexity index is 748. The van der Waals surface area contributed by atoms with Crippen molar-refractivity contribution in [2.24, 2.45) is 0 Å². The molecule has 0 aliphatic carbocycles. The number of aromatic nitrogens is 1. The SMILES string of the molecule is O=[N+]([O-])c1ccccc1-c1cccn1-c1ccccc1. The average Bonchev–Trinajstić information content (AvgIpc) is 2.97. The van der Waals surface area contributed by atoms with Crippen LogP contribution in [0.1, 0.15) is 0 Å². The molecule has 0 unspecified atom stereocenters. The summed E-state index contributed by atoms with van der Waals surface area (Å²) in [7, 11) is 0. The molecule has 20 heavy (non-hydrogen) atoms. The maximum Gasteiger partial charge on any atom is 0.278 e. The smallest absolute Gasteiger partial charge is 0.278 e. The van der Waals surface area contributed by atoms with Crippen LogP contribution in [0.15, 0.2) is 72.9 Å². The number of hydrogen-bond donors (Lipinski definition) is 0. The van der Waals surface area contributed by atoms with Crippen LogP contribution in [-0.4, -0.2) is 9.49 Å². The molecule has 0 N–H and O–H groups in total. The summed E-state index contributed by atoms with van der Waals surface area (Å²) < 4.78 is 1.95. The molecule has 0 atom stereocenters. The van der Waals surface area contributed by atoms with Gasteiger partial charge in [-0.05, 0) is 30.3 Å². The summed E-state index contributed by atoms with van der Waals surface area (Å²) in [6.07, 6.45) is 1.90. The third-order valence-corrected chi connectivity index (χ3v) is 3.16. The largest absolute Gasteiger partial charge is 0.316 e. The third-order valence-electron chi connectivity index (χ3n) is 3.16. The molecule has 0 amide bonds. The lowest BCUT2D eigenvalue weighted by molar-refractivity contribution is -0.384. The van der Waals surface area contributed by atoms with Crippen molar-refractivity contribution < 1.29 is 4.92 Å². The highest BCUT2D eigenvalue weighted by Gasteiger charge is 2.17. The third kappa shape index (κ3) is 2.07. The van der Waals surface area contributed by atoms with Gasteiger partial charge in [-0.2, -0.15) is 0 Å². The molecule has 1 aromatic heterocycles. The minimum absolute atomic E-state index is 0.114. The van der Waals surface area contributed by atoms with Crippen LogP contribution in [0.25, 0.3) is 16.9 Å². The molecule has 0 aliphatic heterocycles. The van der Waals surface area contributed by atoms with Gasteiger partial charge in [-0.1, -0.05) is 30.3 Å². The van der Waals surface area contributed by atoms with Gasteiger partial charge in [0.2, 0.25) is 0 Å². The van der Waals surface area contributed by atoms with Crippen molar-refractivity contribution in [2.45, 2.75) is 0 Å². The molecule has 0 saturated heterocycles. The molecule has 98 valence electrons. The Morgan fingerprint density at radius 2 is 1.55 bits per heavy atom. The minimum Gasteiger partial charge on any atom is -0.316 e. The van der Waals surface area contributed by atoms with E-state index in [9.17, 15) is 10.1 Å². The zero-order valence-corrected chi connectivity index (χ0v) is 10.6. The first-order chi connectivity index (χ1) is 9.77. The number of para-hydroxylation sites is 2. The van der Waals surface area contributed by atoms with Crippen molar-refractivity contribution in [1.82, 2.24) is 4.57 Å². The zero-order chi connectivity index (χ0) is 13.9. The first-order valence-corrected chi connectivity index (χ1v) is 6.24. The molecule has 0 radical (unpaired) electrons. The van der Waals surface area contributed by atoms with Gasteiger partial charge >= 0.3 is 0 Å². The lowest BCUT2D eigenvalue weighted by Crippen LogP contribution is -1.97. The van der Waals surface area contributed by atoms with Crippen LogP contribution in [0.4, 0.5) is 5.69 Å². The second-order valence-electron chi connectivity index (χ2n) is 4.37. The second kappa shape index (κ2) is 5.01. The standard InChI is InChI=1S/C16H12N2O2/c19-18(20)16-10-5-4-9-14(16)15-11-6-12-17(15)13-7-2-1-3-8-13/h1-12H. The molecule has 4 heteroatoms. The van der Waals surface area contributed by atoms with Crippen LogP contribution in [0.3, 0.4) is 0 Å². The highest BCUT2D eigenvalue weighted by Crippen LogP contribution is 2.31. The molecule has 0 bridgehead atoms. The van der Waals surface area contributed by atoms with Crippen LogP contribution in [-0.2, 0) is 0 Å². The van der Waals surface area contributed by atoms with Gasteiger partial charge in [-0.25, -0.2) is 0 Å². The van der Waals surface area contributed by atoms with Gasteiger partial charge in [0.05, 0.1) is 16.2 Å². The molecule has 0 fully saturated rings. The highest BCUT2D eigenvalue weighted by atomic mass is 16.6. The Labute approximate surface area is 116 Å². The minimum atomic E-state index is -0.350. The van der Waals surface area contributed by atoms with Gasteiger partial charge < -0.3 is 4.57 Å². The monoisotopic (exact) mass is 264 g/mol. The van der Waals surface area contributed by atoms with Gasteiger partial charge in [0.15, 0.2) is 0 Å². The van der Waals surface area contributed by atoms with E-state index in [4.69, 9.17) is 0 Å². The van der Waals surface area contributed by atoms with E-state index in [1.165, 1.54) is 6.07 Å². The maximum atomic E-state index is 11.2. The molecular formula is C16H12N2O2. The fourth-order valence-electron chi connectivity index (χ4n) is 2.26. The van der Waals surface area contributed by atoms with Crippen molar-refractivity contribution in [3.05, 3.63) is 83.0 Å². The molecule has 0 saturated carbocycles. The van der Waals surface area contributed by atoms with Crippen molar-refractivity contribution in [3.63, 3.8) is 0 Å².